The molecule has 1 aromatic carbocycles. The minimum atomic E-state index is -0.515. The van der Waals surface area contributed by atoms with E-state index in [2.05, 4.69) is 0 Å². The Morgan fingerprint density at radius 3 is 2.44 bits per heavy atom. The summed E-state index contributed by atoms with van der Waals surface area (Å²) in [7, 11) is 0. The van der Waals surface area contributed by atoms with Gasteiger partial charge in [0.1, 0.15) is 0 Å². The summed E-state index contributed by atoms with van der Waals surface area (Å²) in [6.07, 6.45) is 7.98. The second-order valence-electron chi connectivity index (χ2n) is 5.07. The molecular weight excluding hydrogens is 220 g/mol. The monoisotopic (exact) mass is 238 g/mol. The van der Waals surface area contributed by atoms with Gasteiger partial charge in [-0.15, -0.1) is 0 Å². The topological polar surface area (TPSA) is 17.1 Å². The number of allylic oxidation sites excluding steroid dienone is 5. The van der Waals surface area contributed by atoms with Gasteiger partial charge >= 0.3 is 0 Å². The van der Waals surface area contributed by atoms with Gasteiger partial charge in [0, 0.05) is 0 Å². The summed E-state index contributed by atoms with van der Waals surface area (Å²) < 4.78 is 0. The van der Waals surface area contributed by atoms with Crippen molar-refractivity contribution in [1.29, 1.82) is 0 Å². The van der Waals surface area contributed by atoms with Crippen molar-refractivity contribution in [1.82, 2.24) is 0 Å². The Morgan fingerprint density at radius 2 is 1.78 bits per heavy atom. The van der Waals surface area contributed by atoms with E-state index < -0.39 is 5.41 Å². The first-order chi connectivity index (χ1) is 8.51. The largest absolute Gasteiger partial charge is 0.293 e. The number of carbonyl (C=O) groups is 1. The van der Waals surface area contributed by atoms with Gasteiger partial charge in [-0.2, -0.15) is 0 Å². The molecule has 1 nitrogen and oxygen atoms in total. The molecule has 0 amide bonds. The first-order valence-electron chi connectivity index (χ1n) is 6.18. The predicted molar refractivity (Wildman–Crippen MR) is 76.1 cm³/mol. The highest BCUT2D eigenvalue weighted by Crippen LogP contribution is 2.32. The molecule has 1 heteroatoms. The van der Waals surface area contributed by atoms with Crippen molar-refractivity contribution in [3.63, 3.8) is 0 Å². The smallest absolute Gasteiger partial charge is 0.172 e. The highest BCUT2D eigenvalue weighted by atomic mass is 16.1. The average molecular weight is 238 g/mol. The highest BCUT2D eigenvalue weighted by molar-refractivity contribution is 6.04. The van der Waals surface area contributed by atoms with Crippen LogP contribution in [0.15, 0.2) is 59.7 Å². The lowest BCUT2D eigenvalue weighted by Gasteiger charge is -2.25. The van der Waals surface area contributed by atoms with Crippen LogP contribution in [-0.2, 0) is 4.79 Å². The molecule has 1 aliphatic rings. The van der Waals surface area contributed by atoms with Gasteiger partial charge in [0.15, 0.2) is 5.78 Å². The molecule has 18 heavy (non-hydrogen) atoms. The molecule has 0 radical (unpaired) electrons. The third-order valence-electron chi connectivity index (χ3n) is 3.24. The van der Waals surface area contributed by atoms with E-state index in [4.69, 9.17) is 0 Å². The lowest BCUT2D eigenvalue weighted by Crippen LogP contribution is -2.26. The summed E-state index contributed by atoms with van der Waals surface area (Å²) in [5.74, 6) is 0.181. The molecule has 1 atom stereocenters. The van der Waals surface area contributed by atoms with E-state index >= 15 is 0 Å². The Morgan fingerprint density at radius 1 is 1.11 bits per heavy atom. The number of ketones is 1. The Balaban J connectivity index is 2.31. The van der Waals surface area contributed by atoms with Gasteiger partial charge in [-0.05, 0) is 31.9 Å². The summed E-state index contributed by atoms with van der Waals surface area (Å²) in [4.78, 5) is 12.2. The second-order valence-corrected chi connectivity index (χ2v) is 5.07. The molecular formula is C17H18O. The van der Waals surface area contributed by atoms with Crippen molar-refractivity contribution in [3.8, 4) is 0 Å². The van der Waals surface area contributed by atoms with Crippen molar-refractivity contribution < 1.29 is 4.79 Å². The minimum Gasteiger partial charge on any atom is -0.293 e. The Bertz CT molecular complexity index is 546. The number of rotatable bonds is 2. The summed E-state index contributed by atoms with van der Waals surface area (Å²) >= 11 is 0. The maximum atomic E-state index is 12.2. The third kappa shape index (κ3) is 2.51. The van der Waals surface area contributed by atoms with E-state index in [0.717, 1.165) is 16.7 Å². The molecule has 0 spiro atoms. The molecule has 0 saturated carbocycles. The maximum Gasteiger partial charge on any atom is 0.172 e. The quantitative estimate of drug-likeness (QED) is 0.755. The minimum absolute atomic E-state index is 0.181. The van der Waals surface area contributed by atoms with Crippen LogP contribution in [0.25, 0.3) is 6.08 Å². The maximum absolute atomic E-state index is 12.2. The molecule has 0 fully saturated rings. The van der Waals surface area contributed by atoms with E-state index in [1.807, 2.05) is 75.4 Å². The SMILES string of the molecule is CC1=CC(C)(/C=C/c2ccccc2)C(=O)C(C)=C1. The molecule has 0 bridgehead atoms. The molecule has 0 aromatic heterocycles. The number of hydrogen-bond acceptors (Lipinski definition) is 1. The van der Waals surface area contributed by atoms with Crippen molar-refractivity contribution in [2.45, 2.75) is 20.8 Å². The molecule has 1 aromatic rings. The zero-order valence-electron chi connectivity index (χ0n) is 11.1. The van der Waals surface area contributed by atoms with Crippen LogP contribution < -0.4 is 0 Å². The molecule has 92 valence electrons. The molecule has 0 aliphatic heterocycles. The van der Waals surface area contributed by atoms with Crippen LogP contribution in [-0.4, -0.2) is 5.78 Å². The standard InChI is InChI=1S/C17H18O/c1-13-11-14(2)16(18)17(3,12-13)10-9-15-7-5-4-6-8-15/h4-12H,1-3H3/b10-9+. The van der Waals surface area contributed by atoms with Gasteiger partial charge in [0.05, 0.1) is 5.41 Å². The van der Waals surface area contributed by atoms with Gasteiger partial charge in [-0.25, -0.2) is 0 Å². The van der Waals surface area contributed by atoms with E-state index in [1.165, 1.54) is 0 Å². The summed E-state index contributed by atoms with van der Waals surface area (Å²) in [5.41, 5.74) is 2.57. The van der Waals surface area contributed by atoms with Gasteiger partial charge in [0.25, 0.3) is 0 Å². The number of benzene rings is 1. The summed E-state index contributed by atoms with van der Waals surface area (Å²) in [6.45, 7) is 5.88. The van der Waals surface area contributed by atoms with Crippen LogP contribution in [0.5, 0.6) is 0 Å². The lowest BCUT2D eigenvalue weighted by atomic mass is 9.77. The van der Waals surface area contributed by atoms with E-state index in [0.29, 0.717) is 0 Å². The van der Waals surface area contributed by atoms with Crippen molar-refractivity contribution in [3.05, 3.63) is 65.3 Å². The van der Waals surface area contributed by atoms with Gasteiger partial charge in [-0.1, -0.05) is 60.2 Å². The molecule has 0 heterocycles. The van der Waals surface area contributed by atoms with Crippen LogP contribution in [0.3, 0.4) is 0 Å². The molecule has 0 saturated heterocycles. The van der Waals surface area contributed by atoms with Gasteiger partial charge in [-0.3, -0.25) is 4.79 Å². The van der Waals surface area contributed by atoms with Crippen LogP contribution in [0.2, 0.25) is 0 Å². The van der Waals surface area contributed by atoms with Crippen LogP contribution >= 0.6 is 0 Å². The van der Waals surface area contributed by atoms with E-state index in [1.54, 1.807) is 0 Å². The normalized spacial score (nSPS) is 24.1. The number of hydrogen-bond donors (Lipinski definition) is 0. The fourth-order valence-electron chi connectivity index (χ4n) is 2.37. The second kappa shape index (κ2) is 4.77. The highest BCUT2D eigenvalue weighted by Gasteiger charge is 2.31. The molecule has 1 aliphatic carbocycles. The van der Waals surface area contributed by atoms with Crippen LogP contribution in [0, 0.1) is 5.41 Å². The zero-order valence-corrected chi connectivity index (χ0v) is 11.1. The first-order valence-corrected chi connectivity index (χ1v) is 6.18. The Hall–Kier alpha value is -1.89. The molecule has 2 rings (SSSR count). The fourth-order valence-corrected chi connectivity index (χ4v) is 2.37. The molecule has 0 N–H and O–H groups in total. The van der Waals surface area contributed by atoms with E-state index in [-0.39, 0.29) is 5.78 Å². The van der Waals surface area contributed by atoms with Crippen LogP contribution in [0.4, 0.5) is 0 Å². The predicted octanol–water partition coefficient (Wildman–Crippen LogP) is 4.18. The van der Waals surface area contributed by atoms with Crippen LogP contribution in [0.1, 0.15) is 26.3 Å². The summed E-state index contributed by atoms with van der Waals surface area (Å²) in [6, 6.07) is 10.1. The Labute approximate surface area is 109 Å². The van der Waals surface area contributed by atoms with E-state index in [9.17, 15) is 4.79 Å². The lowest BCUT2D eigenvalue weighted by molar-refractivity contribution is -0.120. The number of Topliss-reactive ketones (excluding diaryl/α,β-unsaturated/α-hetero) is 1. The zero-order chi connectivity index (χ0) is 13.2. The Kier molecular flexibility index (Phi) is 3.33. The van der Waals surface area contributed by atoms with Gasteiger partial charge < -0.3 is 0 Å². The fraction of sp³-hybridized carbons (Fsp3) is 0.235. The van der Waals surface area contributed by atoms with Crippen molar-refractivity contribution in [2.24, 2.45) is 5.41 Å². The summed E-state index contributed by atoms with van der Waals surface area (Å²) in [5, 5.41) is 0. The van der Waals surface area contributed by atoms with Gasteiger partial charge in [0.2, 0.25) is 0 Å². The number of carbonyl (C=O) groups excluding carboxylic acids is 1. The third-order valence-corrected chi connectivity index (χ3v) is 3.24. The average Bonchev–Trinajstić information content (AvgIpc) is 2.35. The van der Waals surface area contributed by atoms with Crippen molar-refractivity contribution in [2.75, 3.05) is 0 Å². The molecule has 1 unspecified atom stereocenters. The van der Waals surface area contributed by atoms with Crippen molar-refractivity contribution >= 4 is 11.9 Å². The first kappa shape index (κ1) is 12.6.